The second-order valence-corrected chi connectivity index (χ2v) is 9.29. The number of fused-ring (bicyclic) bond motifs is 3. The van der Waals surface area contributed by atoms with E-state index in [-0.39, 0.29) is 11.9 Å². The number of ether oxygens (including phenoxy) is 2. The van der Waals surface area contributed by atoms with Crippen LogP contribution < -0.4 is 0 Å². The standard InChI is InChI=1S/C28H27N5O3/c1-35-27(34)28(36-2)13-10-19(11-14-28)24-21-12-15-29-25(21)33-26(32-24)22(17-31-33)20-8-9-23(30-16-20)18-6-4-3-5-7-18/h3-9,12,15-17,19,29H,10-11,13-14H2,1-2H3/t19-,28+. The average Bonchev–Trinajstić information content (AvgIpc) is 3.60. The van der Waals surface area contributed by atoms with Crippen LogP contribution in [0.5, 0.6) is 0 Å². The molecule has 182 valence electrons. The number of benzene rings is 1. The Morgan fingerprint density at radius 2 is 1.83 bits per heavy atom. The Balaban J connectivity index is 1.38. The van der Waals surface area contributed by atoms with Crippen molar-refractivity contribution >= 4 is 22.6 Å². The summed E-state index contributed by atoms with van der Waals surface area (Å²) in [5, 5.41) is 5.69. The molecule has 6 rings (SSSR count). The molecule has 0 atom stereocenters. The summed E-state index contributed by atoms with van der Waals surface area (Å²) in [6.45, 7) is 0. The fourth-order valence-corrected chi connectivity index (χ4v) is 5.41. The number of esters is 1. The summed E-state index contributed by atoms with van der Waals surface area (Å²) in [6, 6.07) is 16.3. The highest BCUT2D eigenvalue weighted by Crippen LogP contribution is 2.42. The highest BCUT2D eigenvalue weighted by Gasteiger charge is 2.44. The summed E-state index contributed by atoms with van der Waals surface area (Å²) < 4.78 is 12.5. The van der Waals surface area contributed by atoms with Gasteiger partial charge in [0.15, 0.2) is 11.2 Å². The van der Waals surface area contributed by atoms with E-state index in [0.717, 1.165) is 57.6 Å². The van der Waals surface area contributed by atoms with Crippen molar-refractivity contribution in [3.8, 4) is 22.4 Å². The molecule has 0 spiro atoms. The van der Waals surface area contributed by atoms with Gasteiger partial charge < -0.3 is 14.5 Å². The van der Waals surface area contributed by atoms with Crippen LogP contribution in [0.4, 0.5) is 0 Å². The van der Waals surface area contributed by atoms with Crippen molar-refractivity contribution in [2.75, 3.05) is 14.2 Å². The maximum absolute atomic E-state index is 12.4. The first-order valence-corrected chi connectivity index (χ1v) is 12.1. The van der Waals surface area contributed by atoms with Gasteiger partial charge in [-0.3, -0.25) is 4.98 Å². The number of aromatic amines is 1. The first kappa shape index (κ1) is 22.4. The van der Waals surface area contributed by atoms with Gasteiger partial charge in [-0.1, -0.05) is 36.4 Å². The first-order valence-electron chi connectivity index (χ1n) is 12.1. The molecule has 1 aliphatic rings. The molecule has 0 unspecified atom stereocenters. The zero-order valence-corrected chi connectivity index (χ0v) is 20.3. The van der Waals surface area contributed by atoms with Gasteiger partial charge in [-0.05, 0) is 37.8 Å². The predicted octanol–water partition coefficient (Wildman–Crippen LogP) is 5.16. The maximum atomic E-state index is 12.4. The lowest BCUT2D eigenvalue weighted by Gasteiger charge is -2.36. The van der Waals surface area contributed by atoms with E-state index >= 15 is 0 Å². The lowest BCUT2D eigenvalue weighted by Crippen LogP contribution is -2.44. The molecular weight excluding hydrogens is 454 g/mol. The van der Waals surface area contributed by atoms with Crippen LogP contribution >= 0.6 is 0 Å². The lowest BCUT2D eigenvalue weighted by atomic mass is 9.77. The molecule has 4 heterocycles. The minimum absolute atomic E-state index is 0.197. The SMILES string of the molecule is COC(=O)[C@]1(OC)CC[C@@H](c2nc3c(-c4ccc(-c5ccccc5)nc4)cnn3c3[nH]ccc32)CC1. The smallest absolute Gasteiger partial charge is 0.338 e. The summed E-state index contributed by atoms with van der Waals surface area (Å²) >= 11 is 0. The molecule has 0 amide bonds. The van der Waals surface area contributed by atoms with Gasteiger partial charge in [0.25, 0.3) is 0 Å². The van der Waals surface area contributed by atoms with E-state index in [1.807, 2.05) is 53.4 Å². The quantitative estimate of drug-likeness (QED) is 0.349. The zero-order valence-electron chi connectivity index (χ0n) is 20.3. The number of pyridine rings is 1. The van der Waals surface area contributed by atoms with Crippen LogP contribution in [0, 0.1) is 0 Å². The van der Waals surface area contributed by atoms with Crippen molar-refractivity contribution in [3.63, 3.8) is 0 Å². The number of hydrogen-bond acceptors (Lipinski definition) is 6. The van der Waals surface area contributed by atoms with Gasteiger partial charge in [-0.2, -0.15) is 9.61 Å². The van der Waals surface area contributed by atoms with E-state index in [0.29, 0.717) is 12.8 Å². The number of methoxy groups -OCH3 is 2. The number of carbonyl (C=O) groups is 1. The highest BCUT2D eigenvalue weighted by molar-refractivity contribution is 5.86. The Hall–Kier alpha value is -4.04. The van der Waals surface area contributed by atoms with Gasteiger partial charge in [0, 0.05) is 47.5 Å². The van der Waals surface area contributed by atoms with E-state index in [4.69, 9.17) is 19.4 Å². The molecule has 1 saturated carbocycles. The van der Waals surface area contributed by atoms with E-state index in [1.54, 1.807) is 7.11 Å². The third kappa shape index (κ3) is 3.56. The van der Waals surface area contributed by atoms with Crippen LogP contribution in [-0.4, -0.2) is 50.4 Å². The number of rotatable bonds is 5. The number of nitrogens with zero attached hydrogens (tertiary/aromatic N) is 4. The summed E-state index contributed by atoms with van der Waals surface area (Å²) in [5.74, 6) is -0.106. The van der Waals surface area contributed by atoms with Crippen molar-refractivity contribution < 1.29 is 14.3 Å². The predicted molar refractivity (Wildman–Crippen MR) is 136 cm³/mol. The molecule has 0 aliphatic heterocycles. The molecule has 0 saturated heterocycles. The Kier molecular flexibility index (Phi) is 5.53. The maximum Gasteiger partial charge on any atom is 0.338 e. The number of aromatic nitrogens is 5. The van der Waals surface area contributed by atoms with Gasteiger partial charge in [-0.25, -0.2) is 9.78 Å². The van der Waals surface area contributed by atoms with Crippen molar-refractivity contribution in [2.24, 2.45) is 0 Å². The van der Waals surface area contributed by atoms with Crippen molar-refractivity contribution in [1.82, 2.24) is 24.6 Å². The Morgan fingerprint density at radius 3 is 2.53 bits per heavy atom. The highest BCUT2D eigenvalue weighted by atomic mass is 16.6. The van der Waals surface area contributed by atoms with Gasteiger partial charge in [-0.15, -0.1) is 0 Å². The van der Waals surface area contributed by atoms with Crippen LogP contribution in [0.2, 0.25) is 0 Å². The van der Waals surface area contributed by atoms with Crippen molar-refractivity contribution in [2.45, 2.75) is 37.2 Å². The molecule has 5 aromatic rings. The van der Waals surface area contributed by atoms with E-state index in [2.05, 4.69) is 28.3 Å². The molecule has 8 nitrogen and oxygen atoms in total. The summed E-state index contributed by atoms with van der Waals surface area (Å²) in [5.41, 5.74) is 5.72. The normalized spacial score (nSPS) is 20.1. The second-order valence-electron chi connectivity index (χ2n) is 9.29. The topological polar surface area (TPSA) is 94.4 Å². The van der Waals surface area contributed by atoms with Crippen molar-refractivity contribution in [3.05, 3.63) is 72.8 Å². The Bertz CT molecular complexity index is 1530. The minimum Gasteiger partial charge on any atom is -0.467 e. The fourth-order valence-electron chi connectivity index (χ4n) is 5.41. The van der Waals surface area contributed by atoms with E-state index in [1.165, 1.54) is 7.11 Å². The molecule has 0 radical (unpaired) electrons. The first-order chi connectivity index (χ1) is 17.6. The lowest BCUT2D eigenvalue weighted by molar-refractivity contribution is -0.170. The monoisotopic (exact) mass is 481 g/mol. The van der Waals surface area contributed by atoms with Gasteiger partial charge in [0.05, 0.1) is 24.7 Å². The summed E-state index contributed by atoms with van der Waals surface area (Å²) in [7, 11) is 3.00. The number of nitrogens with one attached hydrogen (secondary N) is 1. The Labute approximate surface area is 208 Å². The molecule has 36 heavy (non-hydrogen) atoms. The van der Waals surface area contributed by atoms with E-state index < -0.39 is 5.60 Å². The summed E-state index contributed by atoms with van der Waals surface area (Å²) in [6.07, 6.45) is 8.40. The number of carbonyl (C=O) groups excluding carboxylic acids is 1. The molecule has 1 N–H and O–H groups in total. The van der Waals surface area contributed by atoms with Crippen molar-refractivity contribution in [1.29, 1.82) is 0 Å². The number of H-pyrrole nitrogens is 1. The third-order valence-corrected chi connectivity index (χ3v) is 7.46. The number of hydrogen-bond donors (Lipinski definition) is 1. The van der Waals surface area contributed by atoms with Crippen LogP contribution in [-0.2, 0) is 14.3 Å². The molecule has 1 aromatic carbocycles. The molecule has 1 aliphatic carbocycles. The second kappa shape index (κ2) is 8.87. The zero-order chi connectivity index (χ0) is 24.7. The Morgan fingerprint density at radius 1 is 1.03 bits per heavy atom. The molecule has 1 fully saturated rings. The van der Waals surface area contributed by atoms with Crippen LogP contribution in [0.3, 0.4) is 0 Å². The third-order valence-electron chi connectivity index (χ3n) is 7.46. The minimum atomic E-state index is -0.874. The van der Waals surface area contributed by atoms with Gasteiger partial charge in [0.2, 0.25) is 0 Å². The van der Waals surface area contributed by atoms with E-state index in [9.17, 15) is 4.79 Å². The van der Waals surface area contributed by atoms with Gasteiger partial charge >= 0.3 is 5.97 Å². The van der Waals surface area contributed by atoms with Gasteiger partial charge in [0.1, 0.15) is 5.65 Å². The summed E-state index contributed by atoms with van der Waals surface area (Å²) in [4.78, 5) is 25.6. The van der Waals surface area contributed by atoms with Crippen LogP contribution in [0.25, 0.3) is 39.1 Å². The molecule has 8 heteroatoms. The molecule has 4 aromatic heterocycles. The largest absolute Gasteiger partial charge is 0.467 e. The fraction of sp³-hybridized carbons (Fsp3) is 0.286. The van der Waals surface area contributed by atoms with Crippen LogP contribution in [0.15, 0.2) is 67.1 Å². The molecule has 0 bridgehead atoms. The molecular formula is C28H27N5O3. The van der Waals surface area contributed by atoms with Crippen LogP contribution in [0.1, 0.15) is 37.3 Å². The average molecular weight is 482 g/mol.